The van der Waals surface area contributed by atoms with Gasteiger partial charge in [-0.25, -0.2) is 0 Å². The van der Waals surface area contributed by atoms with Crippen LogP contribution in [-0.2, 0) is 9.59 Å². The van der Waals surface area contributed by atoms with E-state index in [0.29, 0.717) is 25.0 Å². The van der Waals surface area contributed by atoms with Crippen LogP contribution in [0.3, 0.4) is 0 Å². The monoisotopic (exact) mass is 237 g/mol. The molecule has 1 N–H and O–H groups in total. The summed E-state index contributed by atoms with van der Waals surface area (Å²) in [6.07, 6.45) is 10.0. The zero-order valence-electron chi connectivity index (χ0n) is 10.5. The zero-order valence-corrected chi connectivity index (χ0v) is 10.5. The molecule has 2 aliphatic rings. The molecule has 2 rings (SSSR count). The fourth-order valence-electron chi connectivity index (χ4n) is 3.02. The van der Waals surface area contributed by atoms with E-state index in [1.807, 2.05) is 0 Å². The van der Waals surface area contributed by atoms with Crippen molar-refractivity contribution in [3.8, 4) is 0 Å². The second-order valence-electron chi connectivity index (χ2n) is 5.57. The first kappa shape index (κ1) is 12.6. The third kappa shape index (κ3) is 4.14. The number of hydrogen-bond acceptors (Lipinski definition) is 2. The number of rotatable bonds is 4. The molecule has 96 valence electrons. The minimum Gasteiger partial charge on any atom is -0.353 e. The second-order valence-corrected chi connectivity index (χ2v) is 5.57. The fourth-order valence-corrected chi connectivity index (χ4v) is 3.02. The van der Waals surface area contributed by atoms with Crippen LogP contribution in [0.4, 0.5) is 0 Å². The Hall–Kier alpha value is -0.860. The number of carbonyl (C=O) groups is 2. The van der Waals surface area contributed by atoms with E-state index in [0.717, 1.165) is 25.2 Å². The molecule has 0 saturated heterocycles. The average Bonchev–Trinajstić information content (AvgIpc) is 2.83. The lowest BCUT2D eigenvalue weighted by Crippen LogP contribution is -2.37. The van der Waals surface area contributed by atoms with E-state index >= 15 is 0 Å². The summed E-state index contributed by atoms with van der Waals surface area (Å²) < 4.78 is 0. The van der Waals surface area contributed by atoms with Gasteiger partial charge >= 0.3 is 0 Å². The van der Waals surface area contributed by atoms with E-state index in [4.69, 9.17) is 0 Å². The molecule has 0 spiro atoms. The largest absolute Gasteiger partial charge is 0.353 e. The molecule has 0 aliphatic heterocycles. The van der Waals surface area contributed by atoms with Crippen molar-refractivity contribution in [1.29, 1.82) is 0 Å². The predicted octanol–water partition coefficient (Wildman–Crippen LogP) is 2.58. The molecule has 2 saturated carbocycles. The Balaban J connectivity index is 1.61. The smallest absolute Gasteiger partial charge is 0.220 e. The summed E-state index contributed by atoms with van der Waals surface area (Å²) >= 11 is 0. The van der Waals surface area contributed by atoms with Crippen LogP contribution in [0.15, 0.2) is 0 Å². The summed E-state index contributed by atoms with van der Waals surface area (Å²) in [6, 6.07) is 0.253. The van der Waals surface area contributed by atoms with Gasteiger partial charge in [-0.3, -0.25) is 9.59 Å². The van der Waals surface area contributed by atoms with E-state index in [2.05, 4.69) is 5.32 Å². The molecular formula is C14H23NO2. The normalized spacial score (nSPS) is 22.9. The molecule has 0 bridgehead atoms. The van der Waals surface area contributed by atoms with Gasteiger partial charge in [0.15, 0.2) is 0 Å². The zero-order chi connectivity index (χ0) is 12.1. The van der Waals surface area contributed by atoms with Crippen molar-refractivity contribution >= 4 is 11.7 Å². The molecule has 0 heterocycles. The number of nitrogens with one attached hydrogen (secondary N) is 1. The van der Waals surface area contributed by atoms with E-state index in [1.165, 1.54) is 25.7 Å². The number of hydrogen-bond donors (Lipinski definition) is 1. The van der Waals surface area contributed by atoms with Gasteiger partial charge in [0.1, 0.15) is 5.78 Å². The quantitative estimate of drug-likeness (QED) is 0.817. The van der Waals surface area contributed by atoms with Crippen molar-refractivity contribution in [2.24, 2.45) is 5.92 Å². The maximum Gasteiger partial charge on any atom is 0.220 e. The number of ketones is 1. The van der Waals surface area contributed by atoms with E-state index in [-0.39, 0.29) is 11.9 Å². The molecule has 3 heteroatoms. The van der Waals surface area contributed by atoms with Gasteiger partial charge in [-0.2, -0.15) is 0 Å². The minimum absolute atomic E-state index is 0.191. The van der Waals surface area contributed by atoms with Crippen LogP contribution in [0.5, 0.6) is 0 Å². The average molecular weight is 237 g/mol. The summed E-state index contributed by atoms with van der Waals surface area (Å²) in [5.74, 6) is 1.33. The Labute approximate surface area is 103 Å². The molecule has 0 unspecified atom stereocenters. The Kier molecular flexibility index (Phi) is 4.57. The summed E-state index contributed by atoms with van der Waals surface area (Å²) in [6.45, 7) is 0. The highest BCUT2D eigenvalue weighted by molar-refractivity contribution is 5.80. The van der Waals surface area contributed by atoms with E-state index < -0.39 is 0 Å². The van der Waals surface area contributed by atoms with Crippen molar-refractivity contribution in [2.75, 3.05) is 0 Å². The number of Topliss-reactive ketones (excluding diaryl/α,β-unsaturated/α-hetero) is 1. The van der Waals surface area contributed by atoms with Crippen molar-refractivity contribution < 1.29 is 9.59 Å². The summed E-state index contributed by atoms with van der Waals surface area (Å²) in [7, 11) is 0. The van der Waals surface area contributed by atoms with Crippen molar-refractivity contribution in [3.05, 3.63) is 0 Å². The van der Waals surface area contributed by atoms with Gasteiger partial charge in [-0.15, -0.1) is 0 Å². The Morgan fingerprint density at radius 1 is 1.12 bits per heavy atom. The molecule has 2 fully saturated rings. The lowest BCUT2D eigenvalue weighted by atomic mass is 9.94. The van der Waals surface area contributed by atoms with Crippen LogP contribution >= 0.6 is 0 Å². The highest BCUT2D eigenvalue weighted by atomic mass is 16.1. The van der Waals surface area contributed by atoms with Gasteiger partial charge in [-0.1, -0.05) is 25.7 Å². The molecule has 3 nitrogen and oxygen atoms in total. The highest BCUT2D eigenvalue weighted by Crippen LogP contribution is 2.28. The summed E-state index contributed by atoms with van der Waals surface area (Å²) in [4.78, 5) is 22.8. The first-order chi connectivity index (χ1) is 8.24. The first-order valence-electron chi connectivity index (χ1n) is 7.05. The fraction of sp³-hybridized carbons (Fsp3) is 0.857. The molecule has 0 aromatic rings. The van der Waals surface area contributed by atoms with Gasteiger partial charge in [0.25, 0.3) is 0 Å². The third-order valence-electron chi connectivity index (χ3n) is 4.16. The minimum atomic E-state index is 0.191. The topological polar surface area (TPSA) is 46.2 Å². The molecule has 0 aromatic heterocycles. The Morgan fingerprint density at radius 2 is 1.76 bits per heavy atom. The highest BCUT2D eigenvalue weighted by Gasteiger charge is 2.21. The second kappa shape index (κ2) is 6.18. The van der Waals surface area contributed by atoms with Crippen LogP contribution in [0.25, 0.3) is 0 Å². The molecule has 17 heavy (non-hydrogen) atoms. The first-order valence-corrected chi connectivity index (χ1v) is 7.05. The standard InChI is InChI=1S/C14H23NO2/c16-13-8-6-12(7-9-13)15-14(17)10-5-11-3-1-2-4-11/h11-12H,1-10H2,(H,15,17). The predicted molar refractivity (Wildman–Crippen MR) is 66.6 cm³/mol. The van der Waals surface area contributed by atoms with E-state index in [9.17, 15) is 9.59 Å². The molecule has 0 aromatic carbocycles. The summed E-state index contributed by atoms with van der Waals surface area (Å²) in [5, 5.41) is 3.07. The SMILES string of the molecule is O=C1CCC(NC(=O)CCC2CCCC2)CC1. The van der Waals surface area contributed by atoms with Gasteiger partial charge in [-0.05, 0) is 25.2 Å². The lowest BCUT2D eigenvalue weighted by molar-refractivity contribution is -0.124. The molecular weight excluding hydrogens is 214 g/mol. The Bertz CT molecular complexity index is 272. The third-order valence-corrected chi connectivity index (χ3v) is 4.16. The summed E-state index contributed by atoms with van der Waals surface area (Å²) in [5.41, 5.74) is 0. The van der Waals surface area contributed by atoms with Crippen LogP contribution in [-0.4, -0.2) is 17.7 Å². The number of amides is 1. The molecule has 0 atom stereocenters. The van der Waals surface area contributed by atoms with Crippen molar-refractivity contribution in [2.45, 2.75) is 70.3 Å². The van der Waals surface area contributed by atoms with Crippen LogP contribution in [0.1, 0.15) is 64.2 Å². The lowest BCUT2D eigenvalue weighted by Gasteiger charge is -2.22. The maximum atomic E-state index is 11.8. The Morgan fingerprint density at radius 3 is 2.41 bits per heavy atom. The van der Waals surface area contributed by atoms with E-state index in [1.54, 1.807) is 0 Å². The van der Waals surface area contributed by atoms with Crippen LogP contribution in [0, 0.1) is 5.92 Å². The van der Waals surface area contributed by atoms with Gasteiger partial charge in [0.05, 0.1) is 0 Å². The molecule has 1 amide bonds. The van der Waals surface area contributed by atoms with Crippen LogP contribution < -0.4 is 5.32 Å². The molecule has 0 radical (unpaired) electrons. The van der Waals surface area contributed by atoms with Gasteiger partial charge < -0.3 is 5.32 Å². The van der Waals surface area contributed by atoms with Crippen molar-refractivity contribution in [1.82, 2.24) is 5.32 Å². The van der Waals surface area contributed by atoms with Gasteiger partial charge in [0.2, 0.25) is 5.91 Å². The van der Waals surface area contributed by atoms with Gasteiger partial charge in [0, 0.05) is 25.3 Å². The van der Waals surface area contributed by atoms with Crippen molar-refractivity contribution in [3.63, 3.8) is 0 Å². The maximum absolute atomic E-state index is 11.8. The van der Waals surface area contributed by atoms with Crippen LogP contribution in [0.2, 0.25) is 0 Å². The molecule has 2 aliphatic carbocycles. The number of carbonyl (C=O) groups excluding carboxylic acids is 2.